The minimum absolute atomic E-state index is 0.843. The first-order valence-electron chi connectivity index (χ1n) is 5.93. The van der Waals surface area contributed by atoms with Crippen LogP contribution in [0, 0.1) is 13.8 Å². The molecule has 0 amide bonds. The van der Waals surface area contributed by atoms with Crippen LogP contribution in [0.1, 0.15) is 16.7 Å². The molecule has 2 aromatic rings. The van der Waals surface area contributed by atoms with Gasteiger partial charge in [-0.2, -0.15) is 0 Å². The summed E-state index contributed by atoms with van der Waals surface area (Å²) >= 11 is 3.45. The van der Waals surface area contributed by atoms with Gasteiger partial charge in [0, 0.05) is 24.3 Å². The van der Waals surface area contributed by atoms with Gasteiger partial charge in [0.2, 0.25) is 0 Å². The molecule has 0 saturated heterocycles. The second-order valence-corrected chi connectivity index (χ2v) is 5.07. The summed E-state index contributed by atoms with van der Waals surface area (Å²) in [5.41, 5.74) is 4.82. The number of rotatable bonds is 3. The number of benzene rings is 1. The summed E-state index contributed by atoms with van der Waals surface area (Å²) in [5, 5.41) is 0.843. The Hall–Kier alpha value is -1.35. The van der Waals surface area contributed by atoms with E-state index in [2.05, 4.69) is 70.0 Å². The molecule has 0 aliphatic rings. The van der Waals surface area contributed by atoms with Crippen molar-refractivity contribution in [1.82, 2.24) is 4.98 Å². The Morgan fingerprint density at radius 1 is 1.17 bits per heavy atom. The van der Waals surface area contributed by atoms with Crippen LogP contribution in [0.25, 0.3) is 0 Å². The van der Waals surface area contributed by atoms with Gasteiger partial charge in [0.1, 0.15) is 5.82 Å². The first-order chi connectivity index (χ1) is 8.61. The molecule has 2 nitrogen and oxygen atoms in total. The van der Waals surface area contributed by atoms with Gasteiger partial charge in [-0.15, -0.1) is 0 Å². The van der Waals surface area contributed by atoms with Crippen molar-refractivity contribution in [2.75, 3.05) is 11.9 Å². The molecular weight excluding hydrogens is 288 g/mol. The van der Waals surface area contributed by atoms with Crippen molar-refractivity contribution in [3.8, 4) is 0 Å². The third-order valence-corrected chi connectivity index (χ3v) is 3.65. The molecule has 1 aromatic carbocycles. The third-order valence-electron chi connectivity index (χ3n) is 3.00. The fourth-order valence-electron chi connectivity index (χ4n) is 1.94. The molecule has 18 heavy (non-hydrogen) atoms. The maximum Gasteiger partial charge on any atom is 0.135 e. The molecule has 0 bridgehead atoms. The van der Waals surface area contributed by atoms with E-state index in [4.69, 9.17) is 0 Å². The van der Waals surface area contributed by atoms with Crippen LogP contribution in [0.3, 0.4) is 0 Å². The van der Waals surface area contributed by atoms with Crippen LogP contribution in [0.15, 0.2) is 36.5 Å². The van der Waals surface area contributed by atoms with Gasteiger partial charge in [0.05, 0.1) is 0 Å². The minimum Gasteiger partial charge on any atom is -0.329 e. The Labute approximate surface area is 117 Å². The van der Waals surface area contributed by atoms with Gasteiger partial charge in [-0.05, 0) is 37.1 Å². The zero-order valence-corrected chi connectivity index (χ0v) is 12.5. The molecule has 0 saturated carbocycles. The van der Waals surface area contributed by atoms with E-state index in [1.54, 1.807) is 0 Å². The lowest BCUT2D eigenvalue weighted by Crippen LogP contribution is -2.12. The first kappa shape index (κ1) is 13.1. The maximum absolute atomic E-state index is 4.54. The van der Waals surface area contributed by atoms with E-state index in [9.17, 15) is 0 Å². The van der Waals surface area contributed by atoms with Crippen LogP contribution in [0.2, 0.25) is 0 Å². The number of alkyl halides is 1. The molecule has 0 radical (unpaired) electrons. The van der Waals surface area contributed by atoms with E-state index in [0.29, 0.717) is 0 Å². The summed E-state index contributed by atoms with van der Waals surface area (Å²) in [6.07, 6.45) is 1.92. The van der Waals surface area contributed by atoms with Gasteiger partial charge in [-0.25, -0.2) is 4.98 Å². The number of anilines is 2. The van der Waals surface area contributed by atoms with Crippen molar-refractivity contribution in [2.45, 2.75) is 19.2 Å². The van der Waals surface area contributed by atoms with Crippen LogP contribution in [-0.4, -0.2) is 12.0 Å². The van der Waals surface area contributed by atoms with Crippen molar-refractivity contribution >= 4 is 27.4 Å². The second kappa shape index (κ2) is 5.53. The highest BCUT2D eigenvalue weighted by atomic mass is 79.9. The second-order valence-electron chi connectivity index (χ2n) is 4.51. The monoisotopic (exact) mass is 304 g/mol. The molecule has 0 atom stereocenters. The predicted molar refractivity (Wildman–Crippen MR) is 80.8 cm³/mol. The molecule has 2 rings (SSSR count). The van der Waals surface area contributed by atoms with Gasteiger partial charge in [-0.1, -0.05) is 39.7 Å². The molecule has 1 heterocycles. The van der Waals surface area contributed by atoms with Crippen LogP contribution < -0.4 is 4.90 Å². The summed E-state index contributed by atoms with van der Waals surface area (Å²) < 4.78 is 0. The Morgan fingerprint density at radius 3 is 2.39 bits per heavy atom. The molecule has 1 aromatic heterocycles. The highest BCUT2D eigenvalue weighted by Gasteiger charge is 2.08. The van der Waals surface area contributed by atoms with Crippen LogP contribution in [0.4, 0.5) is 11.5 Å². The zero-order valence-electron chi connectivity index (χ0n) is 10.9. The van der Waals surface area contributed by atoms with Gasteiger partial charge in [-0.3, -0.25) is 0 Å². The predicted octanol–water partition coefficient (Wildman–Crippen LogP) is 4.36. The first-order valence-corrected chi connectivity index (χ1v) is 7.06. The van der Waals surface area contributed by atoms with Crippen molar-refractivity contribution in [3.63, 3.8) is 0 Å². The highest BCUT2D eigenvalue weighted by Crippen LogP contribution is 2.25. The molecule has 0 unspecified atom stereocenters. The Kier molecular flexibility index (Phi) is 4.02. The molecule has 0 aliphatic heterocycles. The fraction of sp³-hybridized carbons (Fsp3) is 0.267. The minimum atomic E-state index is 0.843. The lowest BCUT2D eigenvalue weighted by atomic mass is 10.2. The van der Waals surface area contributed by atoms with E-state index in [1.165, 1.54) is 16.7 Å². The summed E-state index contributed by atoms with van der Waals surface area (Å²) in [7, 11) is 2.05. The number of aromatic nitrogens is 1. The van der Waals surface area contributed by atoms with Gasteiger partial charge < -0.3 is 4.90 Å². The number of halogens is 1. The van der Waals surface area contributed by atoms with Gasteiger partial charge in [0.25, 0.3) is 0 Å². The topological polar surface area (TPSA) is 16.1 Å². The third kappa shape index (κ3) is 2.72. The Bertz CT molecular complexity index is 535. The number of pyridine rings is 1. The Balaban J connectivity index is 2.33. The van der Waals surface area contributed by atoms with E-state index >= 15 is 0 Å². The Morgan fingerprint density at radius 2 is 1.83 bits per heavy atom. The molecular formula is C15H17BrN2. The number of nitrogens with zero attached hydrogens (tertiary/aromatic N) is 2. The van der Waals surface area contributed by atoms with Crippen molar-refractivity contribution in [3.05, 3.63) is 53.2 Å². The van der Waals surface area contributed by atoms with Crippen molar-refractivity contribution < 1.29 is 0 Å². The summed E-state index contributed by atoms with van der Waals surface area (Å²) in [6, 6.07) is 10.6. The lowest BCUT2D eigenvalue weighted by molar-refractivity contribution is 1.09. The largest absolute Gasteiger partial charge is 0.329 e. The molecule has 0 spiro atoms. The van der Waals surface area contributed by atoms with Gasteiger partial charge >= 0.3 is 0 Å². The molecule has 0 aliphatic carbocycles. The van der Waals surface area contributed by atoms with E-state index in [0.717, 1.165) is 16.8 Å². The summed E-state index contributed by atoms with van der Waals surface area (Å²) in [6.45, 7) is 4.19. The quantitative estimate of drug-likeness (QED) is 0.783. The molecule has 3 heteroatoms. The number of hydrogen-bond donors (Lipinski definition) is 0. The molecule has 94 valence electrons. The van der Waals surface area contributed by atoms with E-state index < -0.39 is 0 Å². The average molecular weight is 305 g/mol. The smallest absolute Gasteiger partial charge is 0.135 e. The van der Waals surface area contributed by atoms with Crippen LogP contribution in [-0.2, 0) is 5.33 Å². The summed E-state index contributed by atoms with van der Waals surface area (Å²) in [4.78, 5) is 6.66. The van der Waals surface area contributed by atoms with Crippen LogP contribution in [0.5, 0.6) is 0 Å². The van der Waals surface area contributed by atoms with Gasteiger partial charge in [0.15, 0.2) is 0 Å². The van der Waals surface area contributed by atoms with Crippen molar-refractivity contribution in [1.29, 1.82) is 0 Å². The molecule has 0 N–H and O–H groups in total. The maximum atomic E-state index is 4.54. The number of aryl methyl sites for hydroxylation is 2. The zero-order chi connectivity index (χ0) is 13.1. The fourth-order valence-corrected chi connectivity index (χ4v) is 2.25. The number of hydrogen-bond acceptors (Lipinski definition) is 2. The van der Waals surface area contributed by atoms with Crippen molar-refractivity contribution in [2.24, 2.45) is 0 Å². The highest BCUT2D eigenvalue weighted by molar-refractivity contribution is 9.08. The normalized spacial score (nSPS) is 10.4. The molecule has 0 fully saturated rings. The average Bonchev–Trinajstić information content (AvgIpc) is 2.38. The van der Waals surface area contributed by atoms with Crippen LogP contribution >= 0.6 is 15.9 Å². The van der Waals surface area contributed by atoms with E-state index in [1.807, 2.05) is 13.2 Å². The standard InChI is InChI=1S/C15H17BrN2/c1-11-4-6-14(7-5-11)18(3)15-12(2)8-13(9-16)10-17-15/h4-8,10H,9H2,1-3H3. The SMILES string of the molecule is Cc1ccc(N(C)c2ncc(CBr)cc2C)cc1. The van der Waals surface area contributed by atoms with E-state index in [-0.39, 0.29) is 0 Å². The lowest BCUT2D eigenvalue weighted by Gasteiger charge is -2.20. The summed E-state index contributed by atoms with van der Waals surface area (Å²) in [5.74, 6) is 1.00.